The minimum absolute atomic E-state index is 0.0444. The molecule has 0 aliphatic heterocycles. The summed E-state index contributed by atoms with van der Waals surface area (Å²) in [7, 11) is 0. The van der Waals surface area contributed by atoms with Crippen LogP contribution >= 0.6 is 0 Å². The van der Waals surface area contributed by atoms with Crippen LogP contribution in [-0.4, -0.2) is 37.5 Å². The molecule has 0 saturated heterocycles. The number of guanidine groups is 1. The Kier molecular flexibility index (Phi) is 7.18. The second-order valence-corrected chi connectivity index (χ2v) is 7.16. The molecule has 2 fully saturated rings. The van der Waals surface area contributed by atoms with E-state index in [0.717, 1.165) is 31.9 Å². The van der Waals surface area contributed by atoms with Crippen molar-refractivity contribution in [2.75, 3.05) is 19.6 Å². The number of carbonyl (C=O) groups is 1. The zero-order valence-electron chi connectivity index (χ0n) is 14.9. The Labute approximate surface area is 141 Å². The van der Waals surface area contributed by atoms with Crippen LogP contribution in [0.2, 0.25) is 0 Å². The highest BCUT2D eigenvalue weighted by Crippen LogP contribution is 2.42. The first-order chi connectivity index (χ1) is 11.2. The zero-order chi connectivity index (χ0) is 16.5. The SMILES string of the molecule is CCNC(=NCC(=O)NC1CCCCC1)NCC1(CC)CCC1. The van der Waals surface area contributed by atoms with Crippen molar-refractivity contribution in [3.63, 3.8) is 0 Å². The van der Waals surface area contributed by atoms with Crippen LogP contribution in [-0.2, 0) is 4.79 Å². The van der Waals surface area contributed by atoms with Crippen molar-refractivity contribution in [3.05, 3.63) is 0 Å². The molecule has 0 heterocycles. The van der Waals surface area contributed by atoms with Crippen LogP contribution in [0, 0.1) is 5.41 Å². The third-order valence-corrected chi connectivity index (χ3v) is 5.49. The summed E-state index contributed by atoms with van der Waals surface area (Å²) in [5.41, 5.74) is 0.445. The summed E-state index contributed by atoms with van der Waals surface area (Å²) in [6.45, 7) is 6.31. The first-order valence-corrected chi connectivity index (χ1v) is 9.49. The highest BCUT2D eigenvalue weighted by atomic mass is 16.1. The van der Waals surface area contributed by atoms with E-state index in [1.165, 1.54) is 44.9 Å². The monoisotopic (exact) mass is 322 g/mol. The van der Waals surface area contributed by atoms with Crippen molar-refractivity contribution < 1.29 is 4.79 Å². The van der Waals surface area contributed by atoms with Gasteiger partial charge in [0.2, 0.25) is 5.91 Å². The highest BCUT2D eigenvalue weighted by Gasteiger charge is 2.34. The van der Waals surface area contributed by atoms with E-state index < -0.39 is 0 Å². The third kappa shape index (κ3) is 5.70. The van der Waals surface area contributed by atoms with E-state index in [1.54, 1.807) is 0 Å². The molecule has 2 aliphatic carbocycles. The van der Waals surface area contributed by atoms with Gasteiger partial charge in [-0.15, -0.1) is 0 Å². The molecule has 5 nitrogen and oxygen atoms in total. The molecule has 2 saturated carbocycles. The molecule has 5 heteroatoms. The van der Waals surface area contributed by atoms with Crippen LogP contribution in [0.4, 0.5) is 0 Å². The van der Waals surface area contributed by atoms with E-state index in [2.05, 4.69) is 34.8 Å². The van der Waals surface area contributed by atoms with Gasteiger partial charge in [-0.1, -0.05) is 32.6 Å². The van der Waals surface area contributed by atoms with Crippen LogP contribution in [0.3, 0.4) is 0 Å². The van der Waals surface area contributed by atoms with E-state index in [9.17, 15) is 4.79 Å². The van der Waals surface area contributed by atoms with Gasteiger partial charge < -0.3 is 16.0 Å². The fraction of sp³-hybridized carbons (Fsp3) is 0.889. The number of rotatable bonds is 7. The maximum absolute atomic E-state index is 12.1. The Balaban J connectivity index is 1.76. The molecule has 0 aromatic rings. The number of amides is 1. The molecule has 3 N–H and O–H groups in total. The first kappa shape index (κ1) is 18.1. The lowest BCUT2D eigenvalue weighted by Gasteiger charge is -2.41. The molecule has 0 atom stereocenters. The normalized spacial score (nSPS) is 21.4. The van der Waals surface area contributed by atoms with Crippen molar-refractivity contribution >= 4 is 11.9 Å². The number of aliphatic imine (C=N–C) groups is 1. The summed E-state index contributed by atoms with van der Waals surface area (Å²) >= 11 is 0. The minimum Gasteiger partial charge on any atom is -0.357 e. The molecule has 2 rings (SSSR count). The van der Waals surface area contributed by atoms with Gasteiger partial charge in [0.25, 0.3) is 0 Å². The van der Waals surface area contributed by atoms with E-state index in [1.807, 2.05) is 0 Å². The molecule has 0 radical (unpaired) electrons. The van der Waals surface area contributed by atoms with Gasteiger partial charge in [-0.25, -0.2) is 4.99 Å². The highest BCUT2D eigenvalue weighted by molar-refractivity contribution is 5.85. The molecular weight excluding hydrogens is 288 g/mol. The third-order valence-electron chi connectivity index (χ3n) is 5.49. The molecule has 132 valence electrons. The lowest BCUT2D eigenvalue weighted by molar-refractivity contribution is -0.120. The number of nitrogens with zero attached hydrogens (tertiary/aromatic N) is 1. The molecule has 0 unspecified atom stereocenters. The molecule has 0 spiro atoms. The Bertz CT molecular complexity index is 392. The van der Waals surface area contributed by atoms with Gasteiger partial charge in [0.05, 0.1) is 0 Å². The van der Waals surface area contributed by atoms with Gasteiger partial charge in [0, 0.05) is 19.1 Å². The van der Waals surface area contributed by atoms with Crippen molar-refractivity contribution in [2.24, 2.45) is 10.4 Å². The van der Waals surface area contributed by atoms with E-state index in [0.29, 0.717) is 11.5 Å². The maximum Gasteiger partial charge on any atom is 0.242 e. The minimum atomic E-state index is 0.0444. The summed E-state index contributed by atoms with van der Waals surface area (Å²) in [4.78, 5) is 16.5. The largest absolute Gasteiger partial charge is 0.357 e. The number of hydrogen-bond donors (Lipinski definition) is 3. The van der Waals surface area contributed by atoms with E-state index in [4.69, 9.17) is 0 Å². The summed E-state index contributed by atoms with van der Waals surface area (Å²) in [5.74, 6) is 0.814. The van der Waals surface area contributed by atoms with Crippen LogP contribution in [0.5, 0.6) is 0 Å². The van der Waals surface area contributed by atoms with Crippen molar-refractivity contribution in [1.29, 1.82) is 0 Å². The standard InChI is InChI=1S/C18H34N4O/c1-3-18(11-8-12-18)14-21-17(19-4-2)20-13-16(23)22-15-9-6-5-7-10-15/h15H,3-14H2,1-2H3,(H,22,23)(H2,19,20,21). The molecule has 1 amide bonds. The van der Waals surface area contributed by atoms with Crippen molar-refractivity contribution in [2.45, 2.75) is 77.7 Å². The molecule has 0 bridgehead atoms. The summed E-state index contributed by atoms with van der Waals surface area (Å²) in [6.07, 6.45) is 11.2. The van der Waals surface area contributed by atoms with Crippen LogP contribution in [0.25, 0.3) is 0 Å². The Morgan fingerprint density at radius 3 is 2.39 bits per heavy atom. The summed E-state index contributed by atoms with van der Waals surface area (Å²) < 4.78 is 0. The first-order valence-electron chi connectivity index (χ1n) is 9.49. The second kappa shape index (κ2) is 9.14. The predicted molar refractivity (Wildman–Crippen MR) is 95.6 cm³/mol. The topological polar surface area (TPSA) is 65.5 Å². The van der Waals surface area contributed by atoms with Gasteiger partial charge in [-0.3, -0.25) is 4.79 Å². The van der Waals surface area contributed by atoms with Crippen molar-refractivity contribution in [1.82, 2.24) is 16.0 Å². The second-order valence-electron chi connectivity index (χ2n) is 7.16. The van der Waals surface area contributed by atoms with Crippen LogP contribution in [0.1, 0.15) is 71.6 Å². The van der Waals surface area contributed by atoms with Gasteiger partial charge in [0.15, 0.2) is 5.96 Å². The van der Waals surface area contributed by atoms with Gasteiger partial charge >= 0.3 is 0 Å². The lowest BCUT2D eigenvalue weighted by atomic mass is 9.67. The van der Waals surface area contributed by atoms with Gasteiger partial charge in [-0.2, -0.15) is 0 Å². The predicted octanol–water partition coefficient (Wildman–Crippen LogP) is 2.57. The average molecular weight is 322 g/mol. The lowest BCUT2D eigenvalue weighted by Crippen LogP contribution is -2.46. The Morgan fingerprint density at radius 1 is 1.09 bits per heavy atom. The Hall–Kier alpha value is -1.26. The number of nitrogens with one attached hydrogen (secondary N) is 3. The molecule has 0 aromatic heterocycles. The van der Waals surface area contributed by atoms with Gasteiger partial charge in [-0.05, 0) is 44.4 Å². The summed E-state index contributed by atoms with van der Waals surface area (Å²) in [5, 5.41) is 9.80. The smallest absolute Gasteiger partial charge is 0.242 e. The zero-order valence-corrected chi connectivity index (χ0v) is 14.9. The maximum atomic E-state index is 12.1. The summed E-state index contributed by atoms with van der Waals surface area (Å²) in [6, 6.07) is 0.361. The molecule has 0 aromatic carbocycles. The van der Waals surface area contributed by atoms with Crippen molar-refractivity contribution in [3.8, 4) is 0 Å². The fourth-order valence-electron chi connectivity index (χ4n) is 3.62. The molecule has 23 heavy (non-hydrogen) atoms. The average Bonchev–Trinajstić information content (AvgIpc) is 2.53. The Morgan fingerprint density at radius 2 is 1.83 bits per heavy atom. The van der Waals surface area contributed by atoms with Gasteiger partial charge in [0.1, 0.15) is 6.54 Å². The van der Waals surface area contributed by atoms with Crippen LogP contribution in [0.15, 0.2) is 4.99 Å². The molecule has 2 aliphatic rings. The van der Waals surface area contributed by atoms with Crippen LogP contribution < -0.4 is 16.0 Å². The van der Waals surface area contributed by atoms with E-state index in [-0.39, 0.29) is 12.5 Å². The number of carbonyl (C=O) groups excluding carboxylic acids is 1. The fourth-order valence-corrected chi connectivity index (χ4v) is 3.62. The quantitative estimate of drug-likeness (QED) is 0.498. The van der Waals surface area contributed by atoms with E-state index >= 15 is 0 Å². The number of hydrogen-bond acceptors (Lipinski definition) is 2. The molecular formula is C18H34N4O.